The van der Waals surface area contributed by atoms with Crippen molar-refractivity contribution in [2.75, 3.05) is 13.2 Å². The van der Waals surface area contributed by atoms with Crippen LogP contribution in [0.4, 0.5) is 0 Å². The number of carbonyl (C=O) groups is 3. The maximum absolute atomic E-state index is 14.3. The van der Waals surface area contributed by atoms with Crippen LogP contribution in [0.25, 0.3) is 10.4 Å². The topological polar surface area (TPSA) is 160 Å². The molecule has 1 saturated carbocycles. The molecule has 0 unspecified atom stereocenters. The Kier molecular flexibility index (Phi) is 8.05. The molecule has 2 amide bonds. The lowest BCUT2D eigenvalue weighted by atomic mass is 9.84. The van der Waals surface area contributed by atoms with Crippen molar-refractivity contribution in [3.05, 3.63) is 51.9 Å². The van der Waals surface area contributed by atoms with Gasteiger partial charge < -0.3 is 25.2 Å². The normalized spacial score (nSPS) is 23.6. The summed E-state index contributed by atoms with van der Waals surface area (Å²) in [5, 5.41) is 33.0. The van der Waals surface area contributed by atoms with E-state index in [1.165, 1.54) is 4.90 Å². The van der Waals surface area contributed by atoms with Crippen molar-refractivity contribution in [2.45, 2.75) is 90.1 Å². The molecule has 2 aliphatic heterocycles. The minimum Gasteiger partial charge on any atom is -0.481 e. The molecule has 6 rings (SSSR count). The predicted octanol–water partition coefficient (Wildman–Crippen LogP) is 3.29. The van der Waals surface area contributed by atoms with Crippen molar-refractivity contribution in [1.29, 1.82) is 0 Å². The predicted molar refractivity (Wildman–Crippen MR) is 161 cm³/mol. The molecule has 3 N–H and O–H groups in total. The van der Waals surface area contributed by atoms with Crippen LogP contribution in [0.3, 0.4) is 0 Å². The number of aryl methyl sites for hydroxylation is 2. The second-order valence-corrected chi connectivity index (χ2v) is 14.1. The molecule has 3 aliphatic rings. The van der Waals surface area contributed by atoms with E-state index in [1.807, 2.05) is 52.0 Å². The van der Waals surface area contributed by atoms with E-state index < -0.39 is 41.5 Å². The zero-order chi connectivity index (χ0) is 31.3. The Hall–Kier alpha value is -3.68. The van der Waals surface area contributed by atoms with Crippen LogP contribution < -0.4 is 5.32 Å². The number of carbonyl (C=O) groups excluding carboxylic acids is 2. The number of carboxylic acids is 1. The Morgan fingerprint density at radius 1 is 1.18 bits per heavy atom. The van der Waals surface area contributed by atoms with E-state index in [9.17, 15) is 24.6 Å². The van der Waals surface area contributed by atoms with Gasteiger partial charge in [0.15, 0.2) is 0 Å². The van der Waals surface area contributed by atoms with E-state index in [-0.39, 0.29) is 25.3 Å². The third kappa shape index (κ3) is 5.87. The van der Waals surface area contributed by atoms with Crippen LogP contribution in [-0.2, 0) is 25.7 Å². The van der Waals surface area contributed by atoms with Gasteiger partial charge in [0, 0.05) is 24.3 Å². The number of benzene rings is 1. The first-order chi connectivity index (χ1) is 20.9. The molecule has 44 heavy (non-hydrogen) atoms. The van der Waals surface area contributed by atoms with E-state index in [2.05, 4.69) is 20.6 Å². The second-order valence-electron chi connectivity index (χ2n) is 12.8. The molecule has 0 radical (unpaired) electrons. The van der Waals surface area contributed by atoms with Crippen molar-refractivity contribution >= 4 is 29.1 Å². The number of nitrogens with one attached hydrogen (secondary N) is 1. The number of β-amino-alcohol motifs (C(OH)–C–C–N with tert-alkyl or cyclic N) is 1. The molecule has 1 aliphatic carbocycles. The van der Waals surface area contributed by atoms with Crippen LogP contribution in [0.5, 0.6) is 0 Å². The fraction of sp³-hybridized carbons (Fsp3) is 0.548. The second kappa shape index (κ2) is 11.7. The monoisotopic (exact) mass is 622 g/mol. The lowest BCUT2D eigenvalue weighted by molar-refractivity contribution is -0.145. The molecule has 1 aromatic carbocycles. The first-order valence-corrected chi connectivity index (χ1v) is 15.8. The van der Waals surface area contributed by atoms with Crippen molar-refractivity contribution in [2.24, 2.45) is 5.41 Å². The van der Waals surface area contributed by atoms with Gasteiger partial charge in [-0.05, 0) is 37.8 Å². The highest BCUT2D eigenvalue weighted by molar-refractivity contribution is 7.15. The van der Waals surface area contributed by atoms with Crippen molar-refractivity contribution in [3.63, 3.8) is 0 Å². The standard InChI is InChI=1S/C31H38N6O6S/c1-16-27(44-17(2)32-16)20-9-5-18(6-10-20)22(12-25(39)40)33-29(41)23-11-21(38)13-36(23)30(42)28-31(3,4)15-43-14-24-26(19-7-8-19)34-35-37(24)28/h5-6,9-10,19,21-23,28,38H,7-8,11-15H2,1-4H3,(H,33,41)(H,39,40)/t21-,22+,23+,28-/m1/s1. The number of aliphatic hydroxyl groups is 1. The van der Waals surface area contributed by atoms with Gasteiger partial charge in [0.25, 0.3) is 0 Å². The number of amides is 2. The van der Waals surface area contributed by atoms with Crippen LogP contribution in [-0.4, -0.2) is 78.2 Å². The number of aliphatic carboxylic acids is 1. The summed E-state index contributed by atoms with van der Waals surface area (Å²) in [7, 11) is 0. The molecule has 13 heteroatoms. The zero-order valence-electron chi connectivity index (χ0n) is 25.3. The summed E-state index contributed by atoms with van der Waals surface area (Å²) in [6.07, 6.45) is 0.853. The quantitative estimate of drug-likeness (QED) is 0.343. The number of aromatic nitrogens is 4. The van der Waals surface area contributed by atoms with Gasteiger partial charge in [-0.15, -0.1) is 16.4 Å². The lowest BCUT2D eigenvalue weighted by Crippen LogP contribution is -2.51. The number of hydrogen-bond donors (Lipinski definition) is 3. The Balaban J connectivity index is 1.25. The molecule has 4 heterocycles. The van der Waals surface area contributed by atoms with Gasteiger partial charge in [-0.3, -0.25) is 14.4 Å². The number of nitrogens with zero attached hydrogens (tertiary/aromatic N) is 5. The number of aliphatic hydroxyl groups excluding tert-OH is 1. The molecular weight excluding hydrogens is 584 g/mol. The van der Waals surface area contributed by atoms with Gasteiger partial charge in [0.1, 0.15) is 12.1 Å². The van der Waals surface area contributed by atoms with E-state index in [0.29, 0.717) is 24.7 Å². The first-order valence-electron chi connectivity index (χ1n) is 15.0. The number of thiazole rings is 1. The van der Waals surface area contributed by atoms with Gasteiger partial charge in [-0.25, -0.2) is 9.67 Å². The number of ether oxygens (including phenoxy) is 1. The molecule has 1 saturated heterocycles. The largest absolute Gasteiger partial charge is 0.481 e. The maximum Gasteiger partial charge on any atom is 0.305 e. The van der Waals surface area contributed by atoms with Crippen LogP contribution >= 0.6 is 11.3 Å². The summed E-state index contributed by atoms with van der Waals surface area (Å²) < 4.78 is 7.63. The van der Waals surface area contributed by atoms with E-state index in [4.69, 9.17) is 4.74 Å². The average molecular weight is 623 g/mol. The number of carboxylic acid groups (broad SMARTS) is 1. The van der Waals surface area contributed by atoms with Gasteiger partial charge in [-0.2, -0.15) is 0 Å². The van der Waals surface area contributed by atoms with Gasteiger partial charge in [0.2, 0.25) is 11.8 Å². The minimum absolute atomic E-state index is 0.0181. The van der Waals surface area contributed by atoms with Crippen molar-refractivity contribution in [3.8, 4) is 10.4 Å². The molecule has 2 aromatic heterocycles. The zero-order valence-corrected chi connectivity index (χ0v) is 26.1. The van der Waals surface area contributed by atoms with Crippen LogP contribution in [0, 0.1) is 19.3 Å². The fourth-order valence-corrected chi connectivity index (χ4v) is 7.36. The summed E-state index contributed by atoms with van der Waals surface area (Å²) in [6, 6.07) is 4.80. The third-order valence-corrected chi connectivity index (χ3v) is 9.88. The first kappa shape index (κ1) is 30.4. The van der Waals surface area contributed by atoms with Gasteiger partial charge in [-0.1, -0.05) is 43.3 Å². The fourth-order valence-electron chi connectivity index (χ4n) is 6.43. The highest BCUT2D eigenvalue weighted by Crippen LogP contribution is 2.44. The number of likely N-dealkylation sites (tertiary alicyclic amines) is 1. The van der Waals surface area contributed by atoms with Gasteiger partial charge >= 0.3 is 5.97 Å². The molecular formula is C31H38N6O6S. The molecule has 12 nitrogen and oxygen atoms in total. The summed E-state index contributed by atoms with van der Waals surface area (Å²) in [6.45, 7) is 8.33. The molecule has 234 valence electrons. The van der Waals surface area contributed by atoms with Crippen molar-refractivity contribution in [1.82, 2.24) is 30.2 Å². The highest BCUT2D eigenvalue weighted by atomic mass is 32.1. The Morgan fingerprint density at radius 2 is 1.91 bits per heavy atom. The molecule has 3 aromatic rings. The minimum atomic E-state index is -1.07. The Morgan fingerprint density at radius 3 is 2.55 bits per heavy atom. The Bertz CT molecular complexity index is 1580. The average Bonchev–Trinajstić information content (AvgIpc) is 3.51. The molecule has 2 fully saturated rings. The van der Waals surface area contributed by atoms with Crippen molar-refractivity contribution < 1.29 is 29.3 Å². The van der Waals surface area contributed by atoms with E-state index in [0.717, 1.165) is 45.4 Å². The number of fused-ring (bicyclic) bond motifs is 1. The molecule has 0 bridgehead atoms. The SMILES string of the molecule is Cc1nc(C)c(-c2ccc([C@H](CC(=O)O)NC(=O)[C@@H]3C[C@@H](O)CN3C(=O)[C@H]3n4nnc(C5CC5)c4COCC3(C)C)cc2)s1. The lowest BCUT2D eigenvalue weighted by Gasteiger charge is -2.35. The van der Waals surface area contributed by atoms with Crippen LogP contribution in [0.15, 0.2) is 24.3 Å². The number of rotatable bonds is 8. The summed E-state index contributed by atoms with van der Waals surface area (Å²) in [5.74, 6) is -1.61. The smallest absolute Gasteiger partial charge is 0.305 e. The summed E-state index contributed by atoms with van der Waals surface area (Å²) in [5.41, 5.74) is 3.48. The number of hydrogen-bond acceptors (Lipinski definition) is 9. The van der Waals surface area contributed by atoms with Crippen LogP contribution in [0.2, 0.25) is 0 Å². The van der Waals surface area contributed by atoms with Crippen LogP contribution in [0.1, 0.15) is 85.2 Å². The van der Waals surface area contributed by atoms with Gasteiger partial charge in [0.05, 0.1) is 58.7 Å². The summed E-state index contributed by atoms with van der Waals surface area (Å²) >= 11 is 1.58. The maximum atomic E-state index is 14.3. The Labute approximate surface area is 259 Å². The third-order valence-electron chi connectivity index (χ3n) is 8.76. The van der Waals surface area contributed by atoms with E-state index >= 15 is 0 Å². The molecule has 4 atom stereocenters. The van der Waals surface area contributed by atoms with E-state index in [1.54, 1.807) is 16.0 Å². The summed E-state index contributed by atoms with van der Waals surface area (Å²) in [4.78, 5) is 46.9. The highest BCUT2D eigenvalue weighted by Gasteiger charge is 2.49. The molecule has 0 spiro atoms.